The molecular weight excluding hydrogens is 264 g/mol. The molecule has 21 heavy (non-hydrogen) atoms. The predicted octanol–water partition coefficient (Wildman–Crippen LogP) is 3.39. The maximum Gasteiger partial charge on any atom is 0.222 e. The van der Waals surface area contributed by atoms with Gasteiger partial charge in [-0.15, -0.1) is 0 Å². The van der Waals surface area contributed by atoms with E-state index in [-0.39, 0.29) is 11.7 Å². The van der Waals surface area contributed by atoms with Crippen LogP contribution in [0.25, 0.3) is 10.9 Å². The molecule has 0 spiro atoms. The van der Waals surface area contributed by atoms with Crippen LogP contribution in [0.1, 0.15) is 43.5 Å². The summed E-state index contributed by atoms with van der Waals surface area (Å²) in [7, 11) is 0. The van der Waals surface area contributed by atoms with Gasteiger partial charge in [0.2, 0.25) is 5.91 Å². The number of hydrogen-bond acceptors (Lipinski definition) is 2. The van der Waals surface area contributed by atoms with Crippen LogP contribution in [-0.4, -0.2) is 34.7 Å². The van der Waals surface area contributed by atoms with Crippen LogP contribution in [0.5, 0.6) is 0 Å². The summed E-state index contributed by atoms with van der Waals surface area (Å²) >= 11 is 0. The van der Waals surface area contributed by atoms with E-state index in [1.165, 1.54) is 0 Å². The van der Waals surface area contributed by atoms with Crippen molar-refractivity contribution in [2.75, 3.05) is 13.1 Å². The van der Waals surface area contributed by atoms with Gasteiger partial charge in [-0.05, 0) is 26.3 Å². The molecule has 0 unspecified atom stereocenters. The first-order chi connectivity index (χ1) is 10.2. The molecule has 0 radical (unpaired) electrons. The highest BCUT2D eigenvalue weighted by atomic mass is 16.2. The number of ketones is 1. The minimum Gasteiger partial charge on any atom is -0.360 e. The molecule has 0 atom stereocenters. The van der Waals surface area contributed by atoms with Crippen molar-refractivity contribution in [3.63, 3.8) is 0 Å². The molecule has 0 aliphatic heterocycles. The Morgan fingerprint density at radius 2 is 1.81 bits per heavy atom. The van der Waals surface area contributed by atoms with Crippen LogP contribution in [-0.2, 0) is 4.79 Å². The molecule has 2 aromatic rings. The van der Waals surface area contributed by atoms with Gasteiger partial charge in [0.05, 0.1) is 0 Å². The van der Waals surface area contributed by atoms with Crippen molar-refractivity contribution < 1.29 is 9.59 Å². The summed E-state index contributed by atoms with van der Waals surface area (Å²) in [4.78, 5) is 29.1. The van der Waals surface area contributed by atoms with Crippen molar-refractivity contribution in [1.82, 2.24) is 9.88 Å². The van der Waals surface area contributed by atoms with Crippen LogP contribution >= 0.6 is 0 Å². The van der Waals surface area contributed by atoms with Crippen LogP contribution in [0, 0.1) is 0 Å². The van der Waals surface area contributed by atoms with E-state index in [9.17, 15) is 9.59 Å². The molecule has 4 nitrogen and oxygen atoms in total. The molecule has 1 amide bonds. The maximum absolute atomic E-state index is 12.3. The Bertz CT molecular complexity index is 627. The number of nitrogens with one attached hydrogen (secondary N) is 1. The van der Waals surface area contributed by atoms with Gasteiger partial charge in [-0.3, -0.25) is 9.59 Å². The second-order valence-corrected chi connectivity index (χ2v) is 5.09. The van der Waals surface area contributed by atoms with Crippen molar-refractivity contribution in [1.29, 1.82) is 0 Å². The van der Waals surface area contributed by atoms with Gasteiger partial charge in [0, 0.05) is 48.6 Å². The number of aromatic amines is 1. The normalized spacial score (nSPS) is 10.8. The minimum atomic E-state index is 0.0970. The standard InChI is InChI=1S/C17H22N2O2/c1-3-19(4-2)17(21)11-7-10-16(20)14-12-18-15-9-6-5-8-13(14)15/h5-6,8-9,12,18H,3-4,7,10-11H2,1-2H3. The molecule has 0 aliphatic carbocycles. The number of benzene rings is 1. The maximum atomic E-state index is 12.3. The number of Topliss-reactive ketones (excluding diaryl/α,β-unsaturated/α-hetero) is 1. The number of para-hydroxylation sites is 1. The third-order valence-corrected chi connectivity index (χ3v) is 3.80. The van der Waals surface area contributed by atoms with Gasteiger partial charge in [-0.2, -0.15) is 0 Å². The second-order valence-electron chi connectivity index (χ2n) is 5.09. The second kappa shape index (κ2) is 7.07. The largest absolute Gasteiger partial charge is 0.360 e. The fraction of sp³-hybridized carbons (Fsp3) is 0.412. The first-order valence-electron chi connectivity index (χ1n) is 7.54. The van der Waals surface area contributed by atoms with Gasteiger partial charge in [0.15, 0.2) is 5.78 Å². The van der Waals surface area contributed by atoms with E-state index >= 15 is 0 Å². The highest BCUT2D eigenvalue weighted by molar-refractivity contribution is 6.07. The monoisotopic (exact) mass is 286 g/mol. The number of carbonyl (C=O) groups is 2. The fourth-order valence-electron chi connectivity index (χ4n) is 2.57. The first-order valence-corrected chi connectivity index (χ1v) is 7.54. The van der Waals surface area contributed by atoms with Crippen molar-refractivity contribution in [2.45, 2.75) is 33.1 Å². The summed E-state index contributed by atoms with van der Waals surface area (Å²) in [6.07, 6.45) is 3.22. The Hall–Kier alpha value is -2.10. The van der Waals surface area contributed by atoms with E-state index in [2.05, 4.69) is 4.98 Å². The number of nitrogens with zero attached hydrogens (tertiary/aromatic N) is 1. The van der Waals surface area contributed by atoms with Gasteiger partial charge < -0.3 is 9.88 Å². The number of H-pyrrole nitrogens is 1. The SMILES string of the molecule is CCN(CC)C(=O)CCCC(=O)c1c[nH]c2ccccc12. The van der Waals surface area contributed by atoms with Crippen LogP contribution in [0.4, 0.5) is 0 Å². The van der Waals surface area contributed by atoms with Crippen molar-refractivity contribution in [3.8, 4) is 0 Å². The van der Waals surface area contributed by atoms with E-state index in [1.807, 2.05) is 38.1 Å². The number of rotatable bonds is 7. The third kappa shape index (κ3) is 3.51. The first kappa shape index (κ1) is 15.3. The van der Waals surface area contributed by atoms with E-state index in [0.717, 1.165) is 29.6 Å². The molecule has 1 aromatic heterocycles. The van der Waals surface area contributed by atoms with Crippen molar-refractivity contribution >= 4 is 22.6 Å². The summed E-state index contributed by atoms with van der Waals surface area (Å²) in [5.74, 6) is 0.228. The number of fused-ring (bicyclic) bond motifs is 1. The van der Waals surface area contributed by atoms with Gasteiger partial charge in [-0.1, -0.05) is 18.2 Å². The molecule has 1 aromatic carbocycles. The Balaban J connectivity index is 1.92. The zero-order chi connectivity index (χ0) is 15.2. The van der Waals surface area contributed by atoms with Crippen molar-refractivity contribution in [3.05, 3.63) is 36.0 Å². The number of amides is 1. The molecule has 2 rings (SSSR count). The topological polar surface area (TPSA) is 53.2 Å². The number of hydrogen-bond donors (Lipinski definition) is 1. The molecule has 0 fully saturated rings. The molecule has 0 saturated heterocycles. The minimum absolute atomic E-state index is 0.0970. The lowest BCUT2D eigenvalue weighted by Crippen LogP contribution is -2.30. The van der Waals surface area contributed by atoms with E-state index in [0.29, 0.717) is 19.3 Å². The zero-order valence-corrected chi connectivity index (χ0v) is 12.7. The highest BCUT2D eigenvalue weighted by Gasteiger charge is 2.14. The highest BCUT2D eigenvalue weighted by Crippen LogP contribution is 2.20. The Labute approximate surface area is 125 Å². The summed E-state index contributed by atoms with van der Waals surface area (Å²) in [5.41, 5.74) is 1.70. The van der Waals surface area contributed by atoms with Gasteiger partial charge in [0.25, 0.3) is 0 Å². The summed E-state index contributed by atoms with van der Waals surface area (Å²) < 4.78 is 0. The Kier molecular flexibility index (Phi) is 5.14. The van der Waals surface area contributed by atoms with Gasteiger partial charge >= 0.3 is 0 Å². The third-order valence-electron chi connectivity index (χ3n) is 3.80. The molecule has 0 aliphatic rings. The molecule has 0 saturated carbocycles. The lowest BCUT2D eigenvalue weighted by Gasteiger charge is -2.18. The summed E-state index contributed by atoms with van der Waals surface area (Å²) in [5, 5.41) is 0.956. The molecule has 1 N–H and O–H groups in total. The number of aromatic nitrogens is 1. The molecular formula is C17H22N2O2. The number of carbonyl (C=O) groups excluding carboxylic acids is 2. The average Bonchev–Trinajstić information content (AvgIpc) is 2.92. The molecule has 4 heteroatoms. The lowest BCUT2D eigenvalue weighted by molar-refractivity contribution is -0.130. The van der Waals surface area contributed by atoms with E-state index < -0.39 is 0 Å². The Morgan fingerprint density at radius 1 is 1.10 bits per heavy atom. The average molecular weight is 286 g/mol. The fourth-order valence-corrected chi connectivity index (χ4v) is 2.57. The smallest absolute Gasteiger partial charge is 0.222 e. The Morgan fingerprint density at radius 3 is 2.52 bits per heavy atom. The van der Waals surface area contributed by atoms with Crippen LogP contribution in [0.3, 0.4) is 0 Å². The summed E-state index contributed by atoms with van der Waals surface area (Å²) in [6, 6.07) is 7.77. The molecule has 112 valence electrons. The predicted molar refractivity (Wildman–Crippen MR) is 84.4 cm³/mol. The molecule has 1 heterocycles. The van der Waals surface area contributed by atoms with Crippen molar-refractivity contribution in [2.24, 2.45) is 0 Å². The quantitative estimate of drug-likeness (QED) is 0.793. The van der Waals surface area contributed by atoms with Crippen LogP contribution < -0.4 is 0 Å². The lowest BCUT2D eigenvalue weighted by atomic mass is 10.0. The van der Waals surface area contributed by atoms with Crippen LogP contribution in [0.2, 0.25) is 0 Å². The zero-order valence-electron chi connectivity index (χ0n) is 12.7. The van der Waals surface area contributed by atoms with E-state index in [1.54, 1.807) is 11.1 Å². The van der Waals surface area contributed by atoms with Gasteiger partial charge in [0.1, 0.15) is 0 Å². The van der Waals surface area contributed by atoms with E-state index in [4.69, 9.17) is 0 Å². The summed E-state index contributed by atoms with van der Waals surface area (Å²) in [6.45, 7) is 5.40. The van der Waals surface area contributed by atoms with Crippen LogP contribution in [0.15, 0.2) is 30.5 Å². The molecule has 0 bridgehead atoms. The van der Waals surface area contributed by atoms with Gasteiger partial charge in [-0.25, -0.2) is 0 Å².